The van der Waals surface area contributed by atoms with Gasteiger partial charge in [-0.05, 0) is 36.4 Å². The molecule has 0 amide bonds. The molecule has 0 saturated heterocycles. The molecule has 1 aliphatic rings. The summed E-state index contributed by atoms with van der Waals surface area (Å²) in [6.07, 6.45) is 6.70. The van der Waals surface area contributed by atoms with Gasteiger partial charge < -0.3 is 19.4 Å². The van der Waals surface area contributed by atoms with Crippen molar-refractivity contribution in [1.82, 2.24) is 4.98 Å². The number of carbonyl (C=O) groups is 2. The van der Waals surface area contributed by atoms with Crippen LogP contribution in [-0.4, -0.2) is 31.1 Å². The molecule has 0 spiro atoms. The topological polar surface area (TPSA) is 71.6 Å². The molecule has 0 radical (unpaired) electrons. The average molecular weight is 380 g/mol. The molecule has 3 rings (SSSR count). The predicted octanol–water partition coefficient (Wildman–Crippen LogP) is 3.96. The van der Waals surface area contributed by atoms with Crippen LogP contribution in [0.5, 0.6) is 0 Å². The van der Waals surface area contributed by atoms with Crippen LogP contribution >= 0.6 is 0 Å². The average Bonchev–Trinajstić information content (AvgIpc) is 2.98. The lowest BCUT2D eigenvalue weighted by Crippen LogP contribution is -2.26. The fourth-order valence-electron chi connectivity index (χ4n) is 3.04. The zero-order valence-electron chi connectivity index (χ0n) is 16.7. The third-order valence-corrected chi connectivity index (χ3v) is 4.58. The van der Waals surface area contributed by atoms with Crippen molar-refractivity contribution < 1.29 is 19.1 Å². The monoisotopic (exact) mass is 380 g/mol. The van der Waals surface area contributed by atoms with E-state index in [0.29, 0.717) is 0 Å². The van der Waals surface area contributed by atoms with Gasteiger partial charge in [0.15, 0.2) is 0 Å². The van der Waals surface area contributed by atoms with Crippen molar-refractivity contribution in [3.8, 4) is 0 Å². The molecule has 0 atom stereocenters. The van der Waals surface area contributed by atoms with Crippen molar-refractivity contribution in [3.63, 3.8) is 0 Å². The second-order valence-electron chi connectivity index (χ2n) is 7.52. The summed E-state index contributed by atoms with van der Waals surface area (Å²) in [6, 6.07) is 7.91. The highest BCUT2D eigenvalue weighted by atomic mass is 16.5. The minimum atomic E-state index is -0.624. The van der Waals surface area contributed by atoms with Crippen molar-refractivity contribution in [2.24, 2.45) is 0 Å². The maximum atomic E-state index is 12.5. The number of allylic oxidation sites excluding steroid dienone is 2. The molecule has 0 unspecified atom stereocenters. The largest absolute Gasteiger partial charge is 0.465 e. The molecule has 1 N–H and O–H groups in total. The molecule has 1 aromatic carbocycles. The third kappa shape index (κ3) is 3.58. The number of aromatic amines is 1. The van der Waals surface area contributed by atoms with Gasteiger partial charge >= 0.3 is 11.9 Å². The Balaban J connectivity index is 2.16. The summed E-state index contributed by atoms with van der Waals surface area (Å²) in [5.74, 6) is -1.23. The summed E-state index contributed by atoms with van der Waals surface area (Å²) in [7, 11) is 2.56. The van der Waals surface area contributed by atoms with Gasteiger partial charge in [-0.3, -0.25) is 0 Å². The molecule has 2 aromatic rings. The highest BCUT2D eigenvalue weighted by Gasteiger charge is 2.27. The lowest BCUT2D eigenvalue weighted by Gasteiger charge is -2.23. The fraction of sp³-hybridized carbons (Fsp3) is 0.273. The van der Waals surface area contributed by atoms with Crippen LogP contribution < -0.4 is 4.90 Å². The number of fused-ring (bicyclic) bond motifs is 1. The van der Waals surface area contributed by atoms with E-state index in [1.54, 1.807) is 29.3 Å². The number of esters is 2. The highest BCUT2D eigenvalue weighted by molar-refractivity contribution is 6.05. The number of nitrogens with one attached hydrogen (secondary N) is 1. The van der Waals surface area contributed by atoms with Crippen LogP contribution in [0.25, 0.3) is 10.9 Å². The number of methoxy groups -OCH3 is 2. The molecule has 6 nitrogen and oxygen atoms in total. The van der Waals surface area contributed by atoms with Crippen molar-refractivity contribution in [1.29, 1.82) is 0 Å². The Hall–Kier alpha value is -3.28. The van der Waals surface area contributed by atoms with Crippen molar-refractivity contribution >= 4 is 28.5 Å². The number of hydrogen-bond donors (Lipinski definition) is 1. The SMILES string of the molecule is COC(=O)C1=C(C(=O)OC)N(c2ccc3[nH]c(C(C)(C)C)cc3c2)C=CC=C1. The van der Waals surface area contributed by atoms with Crippen molar-refractivity contribution in [3.05, 3.63) is 65.7 Å². The normalized spacial score (nSPS) is 14.4. The summed E-state index contributed by atoms with van der Waals surface area (Å²) in [4.78, 5) is 29.9. The summed E-state index contributed by atoms with van der Waals surface area (Å²) >= 11 is 0. The Morgan fingerprint density at radius 2 is 1.71 bits per heavy atom. The second kappa shape index (κ2) is 7.38. The molecule has 1 aromatic heterocycles. The first-order chi connectivity index (χ1) is 13.3. The lowest BCUT2D eigenvalue weighted by atomic mass is 9.92. The molecular weight excluding hydrogens is 356 g/mol. The van der Waals surface area contributed by atoms with Gasteiger partial charge in [0.2, 0.25) is 0 Å². The van der Waals surface area contributed by atoms with Crippen LogP contribution in [0.3, 0.4) is 0 Å². The number of ether oxygens (including phenoxy) is 2. The van der Waals surface area contributed by atoms with Crippen molar-refractivity contribution in [2.45, 2.75) is 26.2 Å². The number of benzene rings is 1. The van der Waals surface area contributed by atoms with E-state index in [9.17, 15) is 9.59 Å². The Bertz CT molecular complexity index is 1020. The van der Waals surface area contributed by atoms with Crippen LogP contribution in [0.2, 0.25) is 0 Å². The number of anilines is 1. The van der Waals surface area contributed by atoms with Crippen LogP contribution in [-0.2, 0) is 24.5 Å². The number of rotatable bonds is 3. The van der Waals surface area contributed by atoms with Gasteiger partial charge in [0, 0.05) is 33.9 Å². The van der Waals surface area contributed by atoms with E-state index in [-0.39, 0.29) is 16.7 Å². The van der Waals surface area contributed by atoms with E-state index in [1.807, 2.05) is 18.2 Å². The number of H-pyrrole nitrogens is 1. The molecule has 2 heterocycles. The van der Waals surface area contributed by atoms with Crippen LogP contribution in [0.4, 0.5) is 5.69 Å². The van der Waals surface area contributed by atoms with E-state index >= 15 is 0 Å². The molecular formula is C22H24N2O4. The van der Waals surface area contributed by atoms with Gasteiger partial charge in [-0.1, -0.05) is 26.8 Å². The Labute approximate surface area is 164 Å². The van der Waals surface area contributed by atoms with Gasteiger partial charge in [-0.2, -0.15) is 0 Å². The molecule has 6 heteroatoms. The molecule has 0 fully saturated rings. The van der Waals surface area contributed by atoms with Crippen LogP contribution in [0.15, 0.2) is 60.0 Å². The first kappa shape index (κ1) is 19.5. The van der Waals surface area contributed by atoms with Crippen molar-refractivity contribution in [2.75, 3.05) is 19.1 Å². The van der Waals surface area contributed by atoms with E-state index in [0.717, 1.165) is 22.3 Å². The van der Waals surface area contributed by atoms with Gasteiger partial charge in [0.1, 0.15) is 5.70 Å². The molecule has 0 aliphatic carbocycles. The number of carbonyl (C=O) groups excluding carboxylic acids is 2. The van der Waals surface area contributed by atoms with Gasteiger partial charge in [0.25, 0.3) is 0 Å². The van der Waals surface area contributed by atoms with E-state index in [2.05, 4.69) is 31.8 Å². The lowest BCUT2D eigenvalue weighted by molar-refractivity contribution is -0.139. The number of aromatic nitrogens is 1. The summed E-state index contributed by atoms with van der Waals surface area (Å²) in [5, 5.41) is 1.01. The van der Waals surface area contributed by atoms with Gasteiger partial charge in [0.05, 0.1) is 19.8 Å². The first-order valence-corrected chi connectivity index (χ1v) is 8.94. The smallest absolute Gasteiger partial charge is 0.355 e. The summed E-state index contributed by atoms with van der Waals surface area (Å²) in [6.45, 7) is 6.42. The maximum absolute atomic E-state index is 12.5. The number of hydrogen-bond acceptors (Lipinski definition) is 5. The zero-order chi connectivity index (χ0) is 20.5. The van der Waals surface area contributed by atoms with E-state index in [1.165, 1.54) is 14.2 Å². The highest BCUT2D eigenvalue weighted by Crippen LogP contribution is 2.31. The van der Waals surface area contributed by atoms with Crippen LogP contribution in [0, 0.1) is 0 Å². The maximum Gasteiger partial charge on any atom is 0.355 e. The van der Waals surface area contributed by atoms with E-state index in [4.69, 9.17) is 9.47 Å². The third-order valence-electron chi connectivity index (χ3n) is 4.58. The molecule has 0 saturated carbocycles. The standard InChI is InChI=1S/C22H24N2O4/c1-22(2,3)18-13-14-12-15(9-10-17(14)23-18)24-11-7-6-8-16(20(25)27-4)19(24)21(26)28-5/h6-13,23H,1-5H3. The molecule has 146 valence electrons. The molecule has 1 aliphatic heterocycles. The summed E-state index contributed by atoms with van der Waals surface area (Å²) in [5.41, 5.74) is 3.07. The predicted molar refractivity (Wildman–Crippen MR) is 109 cm³/mol. The van der Waals surface area contributed by atoms with Crippen LogP contribution in [0.1, 0.15) is 26.5 Å². The van der Waals surface area contributed by atoms with Gasteiger partial charge in [-0.25, -0.2) is 9.59 Å². The number of nitrogens with zero attached hydrogens (tertiary/aromatic N) is 1. The zero-order valence-corrected chi connectivity index (χ0v) is 16.7. The Kier molecular flexibility index (Phi) is 5.14. The van der Waals surface area contributed by atoms with Gasteiger partial charge in [-0.15, -0.1) is 0 Å². The molecule has 28 heavy (non-hydrogen) atoms. The first-order valence-electron chi connectivity index (χ1n) is 8.94. The van der Waals surface area contributed by atoms with E-state index < -0.39 is 11.9 Å². The fourth-order valence-corrected chi connectivity index (χ4v) is 3.04. The molecule has 0 bridgehead atoms. The Morgan fingerprint density at radius 1 is 1.00 bits per heavy atom. The minimum absolute atomic E-state index is 0.0132. The minimum Gasteiger partial charge on any atom is -0.465 e. The quantitative estimate of drug-likeness (QED) is 0.816. The summed E-state index contributed by atoms with van der Waals surface area (Å²) < 4.78 is 9.79. The second-order valence-corrected chi connectivity index (χ2v) is 7.52. The Morgan fingerprint density at radius 3 is 2.36 bits per heavy atom.